The number of carbonyl (C=O) groups excluding carboxylic acids is 7. The van der Waals surface area contributed by atoms with E-state index >= 15 is 0 Å². The van der Waals surface area contributed by atoms with Crippen LogP contribution in [0.1, 0.15) is 258 Å². The fourth-order valence-corrected chi connectivity index (χ4v) is 11.0. The molecule has 0 aliphatic carbocycles. The van der Waals surface area contributed by atoms with E-state index in [-0.39, 0.29) is 44.5 Å². The van der Waals surface area contributed by atoms with Gasteiger partial charge in [-0.25, -0.2) is 14.4 Å². The van der Waals surface area contributed by atoms with Crippen molar-refractivity contribution in [1.29, 1.82) is 0 Å². The first-order chi connectivity index (χ1) is 42.7. The van der Waals surface area contributed by atoms with Gasteiger partial charge in [-0.15, -0.1) is 0 Å². The summed E-state index contributed by atoms with van der Waals surface area (Å²) in [6, 6.07) is -8.26. The van der Waals surface area contributed by atoms with Crippen LogP contribution in [0.15, 0.2) is 0 Å². The average Bonchev–Trinajstić information content (AvgIpc) is 3.68. The Bertz CT molecular complexity index is 1800. The number of hydrogen-bond donors (Lipinski definition) is 14. The summed E-state index contributed by atoms with van der Waals surface area (Å²) >= 11 is 1.28. The molecule has 0 rings (SSSR count). The molecule has 8 amide bonds. The number of aliphatic hydroxyl groups excluding tert-OH is 1. The van der Waals surface area contributed by atoms with Gasteiger partial charge in [-0.1, -0.05) is 168 Å². The number of thioether (sulfide) groups is 1. The molecule has 6 unspecified atom stereocenters. The van der Waals surface area contributed by atoms with Crippen LogP contribution in [0.25, 0.3) is 0 Å². The summed E-state index contributed by atoms with van der Waals surface area (Å²) in [6.07, 6.45) is 34.8. The molecule has 0 aliphatic rings. The van der Waals surface area contributed by atoms with Gasteiger partial charge in [0.1, 0.15) is 36.3 Å². The molecule has 514 valence electrons. The normalized spacial score (nSPS) is 13.3. The van der Waals surface area contributed by atoms with Gasteiger partial charge >= 0.3 is 18.1 Å². The summed E-state index contributed by atoms with van der Waals surface area (Å²) in [5.41, 5.74) is 22.9. The molecule has 24 heteroatoms. The molecule has 0 aromatic carbocycles. The fraction of sp³-hybridized carbons (Fsp3) is 0.875. The second kappa shape index (κ2) is 60.1. The molecule has 0 saturated carbocycles. The number of nitrogens with one attached hydrogen (secondary N) is 8. The van der Waals surface area contributed by atoms with Crippen LogP contribution in [0.5, 0.6) is 0 Å². The minimum absolute atomic E-state index is 0.0373. The van der Waals surface area contributed by atoms with Gasteiger partial charge in [0.15, 0.2) is 0 Å². The Kier molecular flexibility index (Phi) is 57.0. The number of unbranched alkanes of at least 4 members (excludes halogenated alkanes) is 28. The number of nitrogens with two attached hydrogens (primary N) is 4. The Morgan fingerprint density at radius 3 is 1.08 bits per heavy atom. The molecule has 0 aromatic heterocycles. The van der Waals surface area contributed by atoms with E-state index in [9.17, 15) is 48.6 Å². The molecule has 0 aromatic rings. The van der Waals surface area contributed by atoms with Crippen molar-refractivity contribution >= 4 is 59.4 Å². The summed E-state index contributed by atoms with van der Waals surface area (Å²) in [4.78, 5) is 108. The predicted molar refractivity (Wildman–Crippen MR) is 354 cm³/mol. The van der Waals surface area contributed by atoms with E-state index in [2.05, 4.69) is 56.4 Å². The number of urea groups is 1. The first-order valence-electron chi connectivity index (χ1n) is 34.4. The molecule has 23 nitrogen and oxygen atoms in total. The van der Waals surface area contributed by atoms with Crippen LogP contribution in [-0.2, 0) is 33.5 Å². The number of aliphatic carboxylic acids is 1. The summed E-state index contributed by atoms with van der Waals surface area (Å²) in [5, 5.41) is 41.8. The first kappa shape index (κ1) is 83.5. The van der Waals surface area contributed by atoms with Crippen molar-refractivity contribution in [3.05, 3.63) is 0 Å². The molecule has 0 radical (unpaired) electrons. The number of carbonyl (C=O) groups is 8. The number of carboxylic acids is 1. The average molecular weight is 1270 g/mol. The highest BCUT2D eigenvalue weighted by Crippen LogP contribution is 2.16. The van der Waals surface area contributed by atoms with E-state index < -0.39 is 90.5 Å². The summed E-state index contributed by atoms with van der Waals surface area (Å²) in [5.74, 6) is -4.73. The number of ether oxygens (including phenoxy) is 1. The van der Waals surface area contributed by atoms with Crippen LogP contribution in [0.4, 0.5) is 9.59 Å². The largest absolute Gasteiger partial charge is 0.480 e. The standard InChI is InChI=1S/C64H126N12O11S/c1-3-5-7-9-11-13-15-17-18-20-22-24-26-36-47-87-64(86)70-46-48-88-50-56(76-63(85)69-45-35-25-23-21-19-16-14-12-10-8-6-4-2)61(82)75-55(49-77)60(81)73-52(38-28-32-42-66)58(79)71-51(37-27-31-41-65)57(78)72-53(39-29-33-43-67)59(80)74-54(62(83)84)40-30-34-44-68/h51-56,77H,3-50,65-68H2,1-2H3,(H,70,86)(H,71,79)(H,72,78)(H,73,81)(H,74,80)(H,75,82)(H,83,84)(H2,69,76,85). The summed E-state index contributed by atoms with van der Waals surface area (Å²) in [7, 11) is 0. The Balaban J connectivity index is 5.91. The van der Waals surface area contributed by atoms with Gasteiger partial charge in [0.05, 0.1) is 13.2 Å². The van der Waals surface area contributed by atoms with E-state index in [1.807, 2.05) is 0 Å². The quantitative estimate of drug-likeness (QED) is 0.0265. The van der Waals surface area contributed by atoms with Crippen molar-refractivity contribution < 1.29 is 53.3 Å². The summed E-state index contributed by atoms with van der Waals surface area (Å²) < 4.78 is 5.39. The third-order valence-corrected chi connectivity index (χ3v) is 16.6. The summed E-state index contributed by atoms with van der Waals surface area (Å²) in [6.45, 7) is 5.76. The highest BCUT2D eigenvalue weighted by molar-refractivity contribution is 7.99. The van der Waals surface area contributed by atoms with Crippen LogP contribution in [-0.4, -0.2) is 158 Å². The number of aliphatic hydroxyl groups is 1. The topological polar surface area (TPSA) is 387 Å². The SMILES string of the molecule is CCCCCCCCCCCCCCCCOC(=O)NCCSCC(NC(=O)NCCCCCCCCCCCCCC)C(=O)NC(CO)C(=O)NC(CCCCN)C(=O)NC(CCCCN)C(=O)NC(CCCCN)C(=O)NC(CCCCN)C(=O)O. The molecule has 0 fully saturated rings. The van der Waals surface area contributed by atoms with Gasteiger partial charge in [-0.3, -0.25) is 24.0 Å². The molecule has 88 heavy (non-hydrogen) atoms. The van der Waals surface area contributed by atoms with Crippen LogP contribution < -0.4 is 65.5 Å². The third-order valence-electron chi connectivity index (χ3n) is 15.6. The van der Waals surface area contributed by atoms with Gasteiger partial charge in [0.2, 0.25) is 29.5 Å². The van der Waals surface area contributed by atoms with Crippen LogP contribution >= 0.6 is 11.8 Å². The fourth-order valence-electron chi connectivity index (χ4n) is 10.1. The molecule has 0 saturated heterocycles. The third kappa shape index (κ3) is 47.5. The van der Waals surface area contributed by atoms with Gasteiger partial charge < -0.3 is 80.4 Å². The second-order valence-corrected chi connectivity index (χ2v) is 24.7. The van der Waals surface area contributed by atoms with E-state index in [0.717, 1.165) is 44.9 Å². The highest BCUT2D eigenvalue weighted by atomic mass is 32.2. The zero-order valence-corrected chi connectivity index (χ0v) is 55.5. The lowest BCUT2D eigenvalue weighted by Crippen LogP contribution is -2.60. The maximum Gasteiger partial charge on any atom is 0.407 e. The zero-order chi connectivity index (χ0) is 65.1. The maximum atomic E-state index is 14.2. The van der Waals surface area contributed by atoms with Crippen LogP contribution in [0.2, 0.25) is 0 Å². The molecule has 0 spiro atoms. The maximum absolute atomic E-state index is 14.2. The number of amides is 8. The van der Waals surface area contributed by atoms with Gasteiger partial charge in [0.25, 0.3) is 0 Å². The van der Waals surface area contributed by atoms with Crippen molar-refractivity contribution in [2.24, 2.45) is 22.9 Å². The predicted octanol–water partition coefficient (Wildman–Crippen LogP) is 7.31. The Morgan fingerprint density at radius 1 is 0.375 bits per heavy atom. The minimum Gasteiger partial charge on any atom is -0.480 e. The second-order valence-electron chi connectivity index (χ2n) is 23.5. The number of alkyl carbamates (subject to hydrolysis) is 1. The van der Waals surface area contributed by atoms with E-state index in [1.165, 1.54) is 134 Å². The van der Waals surface area contributed by atoms with Crippen LogP contribution in [0.3, 0.4) is 0 Å². The molecule has 6 atom stereocenters. The van der Waals surface area contributed by atoms with Crippen LogP contribution in [0, 0.1) is 0 Å². The molecule has 0 heterocycles. The smallest absolute Gasteiger partial charge is 0.407 e. The van der Waals surface area contributed by atoms with Crippen molar-refractivity contribution in [3.8, 4) is 0 Å². The van der Waals surface area contributed by atoms with E-state index in [4.69, 9.17) is 27.7 Å². The van der Waals surface area contributed by atoms with Gasteiger partial charge in [-0.05, 0) is 116 Å². The lowest BCUT2D eigenvalue weighted by Gasteiger charge is -2.27. The monoisotopic (exact) mass is 1270 g/mol. The van der Waals surface area contributed by atoms with E-state index in [1.54, 1.807) is 0 Å². The Labute approximate surface area is 534 Å². The first-order valence-corrected chi connectivity index (χ1v) is 35.6. The van der Waals surface area contributed by atoms with Crippen molar-refractivity contribution in [3.63, 3.8) is 0 Å². The zero-order valence-electron chi connectivity index (χ0n) is 54.7. The van der Waals surface area contributed by atoms with Gasteiger partial charge in [-0.2, -0.15) is 11.8 Å². The Morgan fingerprint density at radius 2 is 0.705 bits per heavy atom. The number of hydrogen-bond acceptors (Lipinski definition) is 15. The van der Waals surface area contributed by atoms with E-state index in [0.29, 0.717) is 89.9 Å². The molecular formula is C64H126N12O11S. The molecule has 0 aliphatic heterocycles. The highest BCUT2D eigenvalue weighted by Gasteiger charge is 2.33. The minimum atomic E-state index is -1.58. The number of rotatable bonds is 62. The molecule has 0 bridgehead atoms. The van der Waals surface area contributed by atoms with Gasteiger partial charge in [0, 0.05) is 24.6 Å². The molecular weight excluding hydrogens is 1140 g/mol. The molecule has 18 N–H and O–H groups in total. The Hall–Kier alpha value is -4.49. The van der Waals surface area contributed by atoms with Crippen molar-refractivity contribution in [2.75, 3.05) is 64.0 Å². The van der Waals surface area contributed by atoms with Crippen molar-refractivity contribution in [2.45, 2.75) is 294 Å². The lowest BCUT2D eigenvalue weighted by atomic mass is 10.0. The lowest BCUT2D eigenvalue weighted by molar-refractivity contribution is -0.142. The number of carboxylic acid groups (broad SMARTS) is 1. The van der Waals surface area contributed by atoms with Crippen molar-refractivity contribution in [1.82, 2.24) is 42.5 Å².